The third kappa shape index (κ3) is 2.29. The topological polar surface area (TPSA) is 88.6 Å². The van der Waals surface area contributed by atoms with Crippen LogP contribution in [0.15, 0.2) is 16.5 Å². The zero-order chi connectivity index (χ0) is 14.2. The largest absolute Gasteiger partial charge is 0.433 e. The maximum atomic E-state index is 12.3. The summed E-state index contributed by atoms with van der Waals surface area (Å²) in [5, 5.41) is 13.9. The van der Waals surface area contributed by atoms with Crippen LogP contribution in [0.3, 0.4) is 0 Å². The lowest BCUT2D eigenvalue weighted by molar-refractivity contribution is -0.402. The van der Waals surface area contributed by atoms with Crippen molar-refractivity contribution >= 4 is 11.8 Å². The fraction of sp³-hybridized carbons (Fsp3) is 0.615. The second kappa shape index (κ2) is 4.90. The molecule has 0 atom stereocenters. The van der Waals surface area contributed by atoms with Crippen molar-refractivity contribution < 1.29 is 14.1 Å². The fourth-order valence-electron chi connectivity index (χ4n) is 3.17. The van der Waals surface area contributed by atoms with Gasteiger partial charge >= 0.3 is 5.88 Å². The minimum atomic E-state index is -0.630. The first-order chi connectivity index (χ1) is 9.60. The van der Waals surface area contributed by atoms with E-state index in [9.17, 15) is 14.9 Å². The Balaban J connectivity index is 1.70. The van der Waals surface area contributed by atoms with Gasteiger partial charge in [0.25, 0.3) is 5.91 Å². The molecule has 2 saturated heterocycles. The number of likely N-dealkylation sites (tertiary alicyclic amines) is 1. The predicted molar refractivity (Wildman–Crippen MR) is 70.4 cm³/mol. The number of piperidine rings is 1. The van der Waals surface area contributed by atoms with Gasteiger partial charge in [-0.15, -0.1) is 0 Å². The summed E-state index contributed by atoms with van der Waals surface area (Å²) in [4.78, 5) is 24.0. The highest BCUT2D eigenvalue weighted by Gasteiger charge is 2.41. The zero-order valence-electron chi connectivity index (χ0n) is 11.1. The number of nitrogens with zero attached hydrogens (tertiary/aromatic N) is 2. The van der Waals surface area contributed by atoms with Crippen LogP contribution in [0.5, 0.6) is 0 Å². The van der Waals surface area contributed by atoms with Gasteiger partial charge in [-0.1, -0.05) is 0 Å². The molecule has 3 heterocycles. The summed E-state index contributed by atoms with van der Waals surface area (Å²) in [6.07, 6.45) is 3.16. The Bertz CT molecular complexity index is 533. The molecule has 0 bridgehead atoms. The average Bonchev–Trinajstić information content (AvgIpc) is 3.07. The Morgan fingerprint density at radius 1 is 1.35 bits per heavy atom. The van der Waals surface area contributed by atoms with Gasteiger partial charge in [0, 0.05) is 13.1 Å². The van der Waals surface area contributed by atoms with Crippen molar-refractivity contribution in [2.24, 2.45) is 5.41 Å². The molecule has 0 aromatic carbocycles. The Hall–Kier alpha value is -1.89. The van der Waals surface area contributed by atoms with E-state index >= 15 is 0 Å². The molecule has 7 heteroatoms. The van der Waals surface area contributed by atoms with Gasteiger partial charge in [-0.05, 0) is 43.8 Å². The predicted octanol–water partition coefficient (Wildman–Crippen LogP) is 1.40. The number of hydrogen-bond acceptors (Lipinski definition) is 5. The van der Waals surface area contributed by atoms with Crippen LogP contribution in [0.4, 0.5) is 5.88 Å². The first-order valence-electron chi connectivity index (χ1n) is 6.84. The van der Waals surface area contributed by atoms with Crippen molar-refractivity contribution in [3.8, 4) is 0 Å². The van der Waals surface area contributed by atoms with Crippen LogP contribution in [0.2, 0.25) is 0 Å². The second-order valence-corrected chi connectivity index (χ2v) is 5.62. The normalized spacial score (nSPS) is 21.3. The van der Waals surface area contributed by atoms with Gasteiger partial charge in [-0.25, -0.2) is 0 Å². The lowest BCUT2D eigenvalue weighted by Gasteiger charge is -2.33. The monoisotopic (exact) mass is 279 g/mol. The number of rotatable bonds is 2. The number of amides is 1. The quantitative estimate of drug-likeness (QED) is 0.653. The van der Waals surface area contributed by atoms with E-state index in [2.05, 4.69) is 5.32 Å². The summed E-state index contributed by atoms with van der Waals surface area (Å²) >= 11 is 0. The smallest absolute Gasteiger partial charge is 0.395 e. The molecule has 0 aliphatic carbocycles. The molecular formula is C13H17N3O4. The summed E-state index contributed by atoms with van der Waals surface area (Å²) < 4.78 is 4.99. The summed E-state index contributed by atoms with van der Waals surface area (Å²) in [6, 6.07) is 2.61. The van der Waals surface area contributed by atoms with E-state index in [-0.39, 0.29) is 23.0 Å². The maximum Gasteiger partial charge on any atom is 0.433 e. The molecule has 1 aromatic heterocycles. The van der Waals surface area contributed by atoms with Gasteiger partial charge in [-0.3, -0.25) is 14.9 Å². The number of carbonyl (C=O) groups excluding carboxylic acids is 1. The highest BCUT2D eigenvalue weighted by Crippen LogP contribution is 2.39. The van der Waals surface area contributed by atoms with E-state index in [1.54, 1.807) is 4.90 Å². The first kappa shape index (κ1) is 13.1. The van der Waals surface area contributed by atoms with Gasteiger partial charge in [0.2, 0.25) is 0 Å². The van der Waals surface area contributed by atoms with Crippen molar-refractivity contribution in [1.82, 2.24) is 10.2 Å². The second-order valence-electron chi connectivity index (χ2n) is 5.62. The molecule has 20 heavy (non-hydrogen) atoms. The molecular weight excluding hydrogens is 262 g/mol. The molecule has 108 valence electrons. The van der Waals surface area contributed by atoms with Crippen LogP contribution in [-0.2, 0) is 0 Å². The molecule has 0 saturated carbocycles. The van der Waals surface area contributed by atoms with E-state index < -0.39 is 4.92 Å². The number of hydrogen-bond donors (Lipinski definition) is 1. The van der Waals surface area contributed by atoms with Crippen LogP contribution in [0, 0.1) is 15.5 Å². The van der Waals surface area contributed by atoms with Crippen molar-refractivity contribution in [3.05, 3.63) is 28.0 Å². The van der Waals surface area contributed by atoms with Gasteiger partial charge in [0.05, 0.1) is 6.07 Å². The van der Waals surface area contributed by atoms with Gasteiger partial charge < -0.3 is 14.6 Å². The Kier molecular flexibility index (Phi) is 3.21. The summed E-state index contributed by atoms with van der Waals surface area (Å²) in [6.45, 7) is 3.41. The highest BCUT2D eigenvalue weighted by atomic mass is 16.6. The number of furan rings is 1. The van der Waals surface area contributed by atoms with Crippen molar-refractivity contribution in [2.45, 2.75) is 19.3 Å². The molecule has 2 aliphatic rings. The van der Waals surface area contributed by atoms with Crippen molar-refractivity contribution in [3.63, 3.8) is 0 Å². The minimum Gasteiger partial charge on any atom is -0.395 e. The van der Waals surface area contributed by atoms with Crippen LogP contribution in [0.1, 0.15) is 29.8 Å². The SMILES string of the molecule is O=C(c1ccc([N+](=O)[O-])o1)N1CCC2(CCNCC2)C1. The fourth-order valence-corrected chi connectivity index (χ4v) is 3.17. The molecule has 0 radical (unpaired) electrons. The third-order valence-electron chi connectivity index (χ3n) is 4.37. The summed E-state index contributed by atoms with van der Waals surface area (Å²) in [7, 11) is 0. The Morgan fingerprint density at radius 3 is 2.75 bits per heavy atom. The molecule has 2 fully saturated rings. The van der Waals surface area contributed by atoms with Crippen molar-refractivity contribution in [1.29, 1.82) is 0 Å². The van der Waals surface area contributed by atoms with E-state index in [1.165, 1.54) is 12.1 Å². The molecule has 0 unspecified atom stereocenters. The molecule has 2 aliphatic heterocycles. The number of nitro groups is 1. The van der Waals surface area contributed by atoms with Crippen LogP contribution in [0.25, 0.3) is 0 Å². The molecule has 1 amide bonds. The lowest BCUT2D eigenvalue weighted by Crippen LogP contribution is -2.39. The van der Waals surface area contributed by atoms with Gasteiger partial charge in [0.1, 0.15) is 4.92 Å². The highest BCUT2D eigenvalue weighted by molar-refractivity contribution is 5.92. The van der Waals surface area contributed by atoms with Crippen LogP contribution < -0.4 is 5.32 Å². The van der Waals surface area contributed by atoms with Crippen LogP contribution in [-0.4, -0.2) is 41.9 Å². The Morgan fingerprint density at radius 2 is 2.10 bits per heavy atom. The minimum absolute atomic E-state index is 0.0580. The average molecular weight is 279 g/mol. The van der Waals surface area contributed by atoms with Crippen molar-refractivity contribution in [2.75, 3.05) is 26.2 Å². The van der Waals surface area contributed by atoms with E-state index in [1.807, 2.05) is 0 Å². The third-order valence-corrected chi connectivity index (χ3v) is 4.37. The summed E-state index contributed by atoms with van der Waals surface area (Å²) in [5.74, 6) is -0.569. The maximum absolute atomic E-state index is 12.3. The standard InChI is InChI=1S/C13H17N3O4/c17-12(10-1-2-11(20-10)16(18)19)15-8-5-13(9-15)3-6-14-7-4-13/h1-2,14H,3-9H2. The first-order valence-corrected chi connectivity index (χ1v) is 6.84. The molecule has 7 nitrogen and oxygen atoms in total. The van der Waals surface area contributed by atoms with E-state index in [0.717, 1.165) is 38.9 Å². The molecule has 1 N–H and O–H groups in total. The number of carbonyl (C=O) groups is 1. The molecule has 1 spiro atoms. The van der Waals surface area contributed by atoms with Gasteiger partial charge in [0.15, 0.2) is 5.76 Å². The van der Waals surface area contributed by atoms with E-state index in [0.29, 0.717) is 6.54 Å². The molecule has 3 rings (SSSR count). The number of nitrogens with one attached hydrogen (secondary N) is 1. The lowest BCUT2D eigenvalue weighted by atomic mass is 9.78. The Labute approximate surface area is 116 Å². The van der Waals surface area contributed by atoms with Crippen LogP contribution >= 0.6 is 0 Å². The zero-order valence-corrected chi connectivity index (χ0v) is 11.1. The summed E-state index contributed by atoms with van der Waals surface area (Å²) in [5.41, 5.74) is 0.222. The van der Waals surface area contributed by atoms with Gasteiger partial charge in [-0.2, -0.15) is 0 Å². The molecule has 1 aromatic rings. The van der Waals surface area contributed by atoms with E-state index in [4.69, 9.17) is 4.42 Å².